The maximum atomic E-state index is 2.26. The minimum atomic E-state index is 1.31. The summed E-state index contributed by atoms with van der Waals surface area (Å²) in [5.41, 5.74) is 19.1. The molecule has 0 spiro atoms. The van der Waals surface area contributed by atoms with Gasteiger partial charge in [0, 0.05) is 0 Å². The molecule has 0 saturated carbocycles. The van der Waals surface area contributed by atoms with E-state index < -0.39 is 0 Å². The highest BCUT2D eigenvalue weighted by atomic mass is 14.1. The SMILES string of the molecule is Cc1cc(C)c(C)cc1C.Cc1ccc(-c2ccc(C)c(C)c2)cc1C.Cc1ccc(C)c2c(C)ccc(C)c12. The molecule has 0 aromatic heterocycles. The molecule has 0 saturated heterocycles. The molecule has 0 aliphatic rings. The summed E-state index contributed by atoms with van der Waals surface area (Å²) in [5.74, 6) is 0. The monoisotopic (exact) mass is 528 g/mol. The zero-order valence-corrected chi connectivity index (χ0v) is 26.9. The van der Waals surface area contributed by atoms with Gasteiger partial charge in [-0.25, -0.2) is 0 Å². The summed E-state index contributed by atoms with van der Waals surface area (Å²) in [6, 6.07) is 26.6. The van der Waals surface area contributed by atoms with Crippen LogP contribution >= 0.6 is 0 Å². The zero-order valence-electron chi connectivity index (χ0n) is 26.9. The minimum Gasteiger partial charge on any atom is -0.0584 e. The first-order valence-electron chi connectivity index (χ1n) is 14.5. The first-order chi connectivity index (χ1) is 18.8. The molecule has 0 amide bonds. The highest BCUT2D eigenvalue weighted by Crippen LogP contribution is 2.28. The molecule has 5 aromatic carbocycles. The van der Waals surface area contributed by atoms with Crippen LogP contribution in [-0.2, 0) is 0 Å². The van der Waals surface area contributed by atoms with Crippen molar-refractivity contribution < 1.29 is 0 Å². The number of aryl methyl sites for hydroxylation is 12. The minimum absolute atomic E-state index is 1.31. The lowest BCUT2D eigenvalue weighted by atomic mass is 9.94. The molecule has 0 aliphatic carbocycles. The van der Waals surface area contributed by atoms with Crippen molar-refractivity contribution in [3.63, 3.8) is 0 Å². The second-order valence-corrected chi connectivity index (χ2v) is 11.8. The Kier molecular flexibility index (Phi) is 10.2. The fourth-order valence-corrected chi connectivity index (χ4v) is 5.19. The molecule has 5 rings (SSSR count). The summed E-state index contributed by atoms with van der Waals surface area (Å²) in [4.78, 5) is 0. The smallest absolute Gasteiger partial charge is 0.0120 e. The van der Waals surface area contributed by atoms with Crippen molar-refractivity contribution in [2.75, 3.05) is 0 Å². The average molecular weight is 529 g/mol. The predicted octanol–water partition coefficient (Wildman–Crippen LogP) is 11.6. The van der Waals surface area contributed by atoms with Crippen LogP contribution in [-0.4, -0.2) is 0 Å². The van der Waals surface area contributed by atoms with Crippen molar-refractivity contribution in [2.45, 2.75) is 83.1 Å². The van der Waals surface area contributed by atoms with Crippen LogP contribution in [0.1, 0.15) is 66.8 Å². The largest absolute Gasteiger partial charge is 0.0584 e. The third-order valence-electron chi connectivity index (χ3n) is 8.45. The van der Waals surface area contributed by atoms with Gasteiger partial charge in [-0.2, -0.15) is 0 Å². The maximum absolute atomic E-state index is 2.26. The van der Waals surface area contributed by atoms with E-state index in [0.29, 0.717) is 0 Å². The van der Waals surface area contributed by atoms with Crippen LogP contribution in [0.3, 0.4) is 0 Å². The molecule has 0 heteroatoms. The summed E-state index contributed by atoms with van der Waals surface area (Å²) < 4.78 is 0. The molecular weight excluding hydrogens is 480 g/mol. The molecular formula is C40H48. The van der Waals surface area contributed by atoms with Crippen molar-refractivity contribution in [1.82, 2.24) is 0 Å². The van der Waals surface area contributed by atoms with Crippen LogP contribution in [0.25, 0.3) is 21.9 Å². The fraction of sp³-hybridized carbons (Fsp3) is 0.300. The normalized spacial score (nSPS) is 10.5. The maximum Gasteiger partial charge on any atom is -0.0120 e. The number of hydrogen-bond acceptors (Lipinski definition) is 0. The quantitative estimate of drug-likeness (QED) is 0.203. The van der Waals surface area contributed by atoms with Crippen molar-refractivity contribution in [2.24, 2.45) is 0 Å². The molecule has 0 heterocycles. The molecule has 0 nitrogen and oxygen atoms in total. The Morgan fingerprint density at radius 1 is 0.225 bits per heavy atom. The third-order valence-corrected chi connectivity index (χ3v) is 8.45. The van der Waals surface area contributed by atoms with E-state index in [9.17, 15) is 0 Å². The van der Waals surface area contributed by atoms with Crippen LogP contribution in [0.2, 0.25) is 0 Å². The van der Waals surface area contributed by atoms with Gasteiger partial charge in [0.25, 0.3) is 0 Å². The fourth-order valence-electron chi connectivity index (χ4n) is 5.19. The van der Waals surface area contributed by atoms with Gasteiger partial charge in [0.1, 0.15) is 0 Å². The third kappa shape index (κ3) is 7.30. The molecule has 208 valence electrons. The van der Waals surface area contributed by atoms with Gasteiger partial charge in [-0.3, -0.25) is 0 Å². The van der Waals surface area contributed by atoms with Crippen LogP contribution in [0.4, 0.5) is 0 Å². The molecule has 0 atom stereocenters. The molecule has 0 fully saturated rings. The Balaban J connectivity index is 0.000000170. The zero-order chi connectivity index (χ0) is 29.7. The van der Waals surface area contributed by atoms with Gasteiger partial charge in [-0.05, 0) is 172 Å². The molecule has 0 N–H and O–H groups in total. The second-order valence-electron chi connectivity index (χ2n) is 11.8. The number of rotatable bonds is 1. The van der Waals surface area contributed by atoms with Gasteiger partial charge in [0.15, 0.2) is 0 Å². The Morgan fingerprint density at radius 3 is 0.700 bits per heavy atom. The van der Waals surface area contributed by atoms with E-state index in [1.807, 2.05) is 0 Å². The first kappa shape index (κ1) is 30.9. The number of hydrogen-bond donors (Lipinski definition) is 0. The van der Waals surface area contributed by atoms with Crippen LogP contribution in [0, 0.1) is 83.1 Å². The summed E-state index contributed by atoms with van der Waals surface area (Å²) >= 11 is 0. The van der Waals surface area contributed by atoms with Gasteiger partial charge in [-0.1, -0.05) is 72.8 Å². The lowest BCUT2D eigenvalue weighted by Gasteiger charge is -2.11. The first-order valence-corrected chi connectivity index (χ1v) is 14.5. The summed E-state index contributed by atoms with van der Waals surface area (Å²) in [7, 11) is 0. The van der Waals surface area contributed by atoms with E-state index in [1.165, 1.54) is 88.7 Å². The lowest BCUT2D eigenvalue weighted by molar-refractivity contribution is 1.24. The van der Waals surface area contributed by atoms with Crippen molar-refractivity contribution >= 4 is 10.8 Å². The van der Waals surface area contributed by atoms with Gasteiger partial charge in [0.05, 0.1) is 0 Å². The number of benzene rings is 5. The van der Waals surface area contributed by atoms with Crippen molar-refractivity contribution in [3.05, 3.63) is 140 Å². The number of fused-ring (bicyclic) bond motifs is 1. The van der Waals surface area contributed by atoms with E-state index in [1.54, 1.807) is 0 Å². The van der Waals surface area contributed by atoms with Crippen LogP contribution in [0.15, 0.2) is 72.8 Å². The van der Waals surface area contributed by atoms with Gasteiger partial charge in [-0.15, -0.1) is 0 Å². The van der Waals surface area contributed by atoms with Crippen LogP contribution < -0.4 is 0 Å². The lowest BCUT2D eigenvalue weighted by Crippen LogP contribution is -1.89. The predicted molar refractivity (Wildman–Crippen MR) is 179 cm³/mol. The van der Waals surface area contributed by atoms with Crippen LogP contribution in [0.5, 0.6) is 0 Å². The summed E-state index contributed by atoms with van der Waals surface area (Å²) in [5, 5.41) is 2.87. The topological polar surface area (TPSA) is 0 Å². The van der Waals surface area contributed by atoms with Gasteiger partial charge < -0.3 is 0 Å². The summed E-state index contributed by atoms with van der Waals surface area (Å²) in [6.45, 7) is 26.0. The Hall–Kier alpha value is -3.64. The van der Waals surface area contributed by atoms with Gasteiger partial charge in [0.2, 0.25) is 0 Å². The molecule has 5 aromatic rings. The molecule has 0 aliphatic heterocycles. The van der Waals surface area contributed by atoms with E-state index in [-0.39, 0.29) is 0 Å². The van der Waals surface area contributed by atoms with E-state index in [0.717, 1.165) is 0 Å². The average Bonchev–Trinajstić information content (AvgIpc) is 2.90. The standard InChI is InChI=1S/C16H18.C14H16.C10H14/c1-11-5-7-15(9-13(11)3)16-8-6-12(2)14(4)10-16;1-9-5-6-11(3)14-12(4)8-7-10(2)13(9)14;1-7-5-9(3)10(4)6-8(7)2/h5-10H,1-4H3;5-8H,1-4H3;5-6H,1-4H3. The highest BCUT2D eigenvalue weighted by Gasteiger charge is 2.05. The second kappa shape index (κ2) is 13.1. The Labute approximate surface area is 244 Å². The van der Waals surface area contributed by atoms with Gasteiger partial charge >= 0.3 is 0 Å². The highest BCUT2D eigenvalue weighted by molar-refractivity contribution is 5.93. The molecule has 40 heavy (non-hydrogen) atoms. The van der Waals surface area contributed by atoms with E-state index in [4.69, 9.17) is 0 Å². The Morgan fingerprint density at radius 2 is 0.450 bits per heavy atom. The Bertz CT molecular complexity index is 1460. The summed E-state index contributed by atoms with van der Waals surface area (Å²) in [6.07, 6.45) is 0. The molecule has 0 bridgehead atoms. The molecule has 0 unspecified atom stereocenters. The molecule has 0 radical (unpaired) electrons. The van der Waals surface area contributed by atoms with Crippen molar-refractivity contribution in [3.8, 4) is 11.1 Å². The van der Waals surface area contributed by atoms with E-state index >= 15 is 0 Å². The van der Waals surface area contributed by atoms with E-state index in [2.05, 4.69) is 156 Å². The van der Waals surface area contributed by atoms with Crippen molar-refractivity contribution in [1.29, 1.82) is 0 Å².